The number of amides is 2. The molecule has 0 aromatic heterocycles. The monoisotopic (exact) mass is 1560 g/mol. The SMILES string of the molecule is CCCCCCCCCCCC(=O)OC(CCCCCCCCCCC)CC(=O)NC(CO)CO[C@@H]1O[C@H](CO)[C@@H](OP(=O)(O)O)[C@H](OC(=O)CC(CCCCCCCCCCC)OC(=O)CCCCCCCCCCC)[C@H]1NC(=O)CC(CCCCCCCCCCC)OC(=O)CCCCCCCCCCC. The molecule has 0 saturated carbocycles. The summed E-state index contributed by atoms with van der Waals surface area (Å²) in [5.74, 6) is -3.49. The standard InChI is InChI=1S/C87H165N2O18P/c1-7-13-19-25-31-37-43-49-55-61-74(102-80(94)64-58-52-46-40-34-28-22-16-10-4)67-78(92)88-73(70-90)72-101-87-84(89-79(93)68-75(62-56-50-44-38-32-26-20-14-8-2)103-81(95)65-59-53-47-41-35-29-23-17-11-5)86(85(77(71-91)105-87)107-108(98,99)100)106-83(97)69-76(63-57-51-45-39-33-27-21-15-9-3)104-82(96)66-60-54-48-42-36-30-24-18-12-6/h73-77,84-87,90-91H,7-72H2,1-6H3,(H,88,92)(H,89,93)(H2,98,99,100)/t73?,74?,75?,76?,77-,84-,85-,86-,87-/m1/s1. The largest absolute Gasteiger partial charge is 0.470 e. The Balaban J connectivity index is 3.80. The number of unbranched alkanes of at least 4 members (excludes halogenated alkanes) is 48. The van der Waals surface area contributed by atoms with E-state index >= 15 is 0 Å². The maximum Gasteiger partial charge on any atom is 0.470 e. The van der Waals surface area contributed by atoms with E-state index in [9.17, 15) is 53.3 Å². The van der Waals surface area contributed by atoms with Crippen LogP contribution < -0.4 is 10.6 Å². The smallest absolute Gasteiger partial charge is 0.462 e. The minimum atomic E-state index is -5.52. The topological polar surface area (TPSA) is 289 Å². The van der Waals surface area contributed by atoms with Gasteiger partial charge in [0.15, 0.2) is 12.4 Å². The van der Waals surface area contributed by atoms with Gasteiger partial charge < -0.3 is 59.1 Å². The Bertz CT molecular complexity index is 2190. The fraction of sp³-hybridized carbons (Fsp3) is 0.931. The van der Waals surface area contributed by atoms with Gasteiger partial charge in [-0.1, -0.05) is 350 Å². The number of esters is 4. The summed E-state index contributed by atoms with van der Waals surface area (Å²) in [7, 11) is -5.52. The highest BCUT2D eigenvalue weighted by Gasteiger charge is 2.52. The molecule has 1 aliphatic rings. The molecule has 0 aromatic rings. The Morgan fingerprint density at radius 3 is 0.954 bits per heavy atom. The quantitative estimate of drug-likeness (QED) is 0.0143. The summed E-state index contributed by atoms with van der Waals surface area (Å²) in [6.45, 7) is 11.1. The number of carbonyl (C=O) groups is 6. The van der Waals surface area contributed by atoms with Gasteiger partial charge in [0, 0.05) is 19.3 Å². The Labute approximate surface area is 658 Å². The zero-order valence-corrected chi connectivity index (χ0v) is 70.7. The van der Waals surface area contributed by atoms with Crippen LogP contribution in [0.2, 0.25) is 0 Å². The van der Waals surface area contributed by atoms with Gasteiger partial charge in [0.05, 0.1) is 45.1 Å². The van der Waals surface area contributed by atoms with Gasteiger partial charge >= 0.3 is 31.7 Å². The maximum absolute atomic E-state index is 14.9. The van der Waals surface area contributed by atoms with Gasteiger partial charge in [-0.25, -0.2) is 4.57 Å². The molecule has 0 aromatic carbocycles. The number of hydrogen-bond donors (Lipinski definition) is 6. The zero-order chi connectivity index (χ0) is 79.2. The predicted molar refractivity (Wildman–Crippen MR) is 434 cm³/mol. The minimum absolute atomic E-state index is 0.152. The second-order valence-electron chi connectivity index (χ2n) is 31.6. The third-order valence-corrected chi connectivity index (χ3v) is 21.7. The third-order valence-electron chi connectivity index (χ3n) is 21.2. The molecule has 1 saturated heterocycles. The highest BCUT2D eigenvalue weighted by Crippen LogP contribution is 2.42. The van der Waals surface area contributed by atoms with E-state index in [1.807, 2.05) is 0 Å². The van der Waals surface area contributed by atoms with Crippen molar-refractivity contribution in [2.45, 2.75) is 501 Å². The van der Waals surface area contributed by atoms with Crippen LogP contribution in [-0.4, -0.2) is 131 Å². The van der Waals surface area contributed by atoms with E-state index in [0.29, 0.717) is 51.4 Å². The number of phosphoric ester groups is 1. The van der Waals surface area contributed by atoms with Crippen molar-refractivity contribution in [3.05, 3.63) is 0 Å². The molecule has 1 rings (SSSR count). The van der Waals surface area contributed by atoms with Gasteiger partial charge in [0.25, 0.3) is 0 Å². The van der Waals surface area contributed by atoms with Gasteiger partial charge in [0.1, 0.15) is 36.6 Å². The van der Waals surface area contributed by atoms with Gasteiger partial charge in [-0.15, -0.1) is 0 Å². The Hall–Kier alpha value is -3.23. The molecule has 21 heteroatoms. The van der Waals surface area contributed by atoms with Gasteiger partial charge in [-0.05, 0) is 57.8 Å². The lowest BCUT2D eigenvalue weighted by Gasteiger charge is -2.45. The van der Waals surface area contributed by atoms with E-state index in [2.05, 4.69) is 52.2 Å². The molecule has 0 spiro atoms. The number of phosphoric acid groups is 1. The average Bonchev–Trinajstić information content (AvgIpc) is 0.780. The van der Waals surface area contributed by atoms with Gasteiger partial charge in [-0.3, -0.25) is 33.3 Å². The molecule has 108 heavy (non-hydrogen) atoms. The number of carbonyl (C=O) groups excluding carboxylic acids is 6. The second-order valence-corrected chi connectivity index (χ2v) is 32.8. The summed E-state index contributed by atoms with van der Waals surface area (Å²) in [4.78, 5) is 106. The van der Waals surface area contributed by atoms with E-state index in [1.165, 1.54) is 135 Å². The Morgan fingerprint density at radius 1 is 0.370 bits per heavy atom. The molecule has 636 valence electrons. The van der Waals surface area contributed by atoms with Crippen LogP contribution in [0.4, 0.5) is 0 Å². The van der Waals surface area contributed by atoms with Crippen LogP contribution in [0.5, 0.6) is 0 Å². The van der Waals surface area contributed by atoms with Crippen LogP contribution in [0.15, 0.2) is 0 Å². The third kappa shape index (κ3) is 60.4. The van der Waals surface area contributed by atoms with Crippen LogP contribution in [-0.2, 0) is 66.3 Å². The molecule has 1 aliphatic heterocycles. The Morgan fingerprint density at radius 2 is 0.657 bits per heavy atom. The van der Waals surface area contributed by atoms with Crippen molar-refractivity contribution in [1.82, 2.24) is 10.6 Å². The first-order chi connectivity index (χ1) is 52.5. The normalized spacial score (nSPS) is 17.1. The van der Waals surface area contributed by atoms with Crippen molar-refractivity contribution < 1.29 is 86.3 Å². The van der Waals surface area contributed by atoms with Crippen LogP contribution in [0, 0.1) is 0 Å². The minimum Gasteiger partial charge on any atom is -0.462 e. The number of aliphatic hydroxyl groups is 2. The molecule has 1 heterocycles. The molecule has 2 amide bonds. The maximum atomic E-state index is 14.9. The summed E-state index contributed by atoms with van der Waals surface area (Å²) in [5.41, 5.74) is 0. The van der Waals surface area contributed by atoms with Crippen molar-refractivity contribution in [2.24, 2.45) is 0 Å². The lowest BCUT2D eigenvalue weighted by Crippen LogP contribution is -2.66. The number of nitrogens with one attached hydrogen (secondary N) is 2. The number of ether oxygens (including phenoxy) is 6. The van der Waals surface area contributed by atoms with Crippen LogP contribution in [0.25, 0.3) is 0 Å². The van der Waals surface area contributed by atoms with Crippen molar-refractivity contribution in [3.8, 4) is 0 Å². The van der Waals surface area contributed by atoms with E-state index in [0.717, 1.165) is 180 Å². The molecule has 9 atom stereocenters. The fourth-order valence-corrected chi connectivity index (χ4v) is 15.2. The molecule has 0 aliphatic carbocycles. The van der Waals surface area contributed by atoms with Crippen molar-refractivity contribution >= 4 is 43.5 Å². The van der Waals surface area contributed by atoms with Gasteiger partial charge in [-0.2, -0.15) is 0 Å². The first-order valence-corrected chi connectivity index (χ1v) is 46.6. The van der Waals surface area contributed by atoms with Gasteiger partial charge in [0.2, 0.25) is 11.8 Å². The number of hydrogen-bond acceptors (Lipinski definition) is 16. The zero-order valence-electron chi connectivity index (χ0n) is 69.8. The summed E-state index contributed by atoms with van der Waals surface area (Å²) in [6, 6.07) is -2.81. The lowest BCUT2D eigenvalue weighted by atomic mass is 9.95. The van der Waals surface area contributed by atoms with Crippen LogP contribution >= 0.6 is 7.82 Å². The Kier molecular flexibility index (Phi) is 69.2. The molecule has 0 bridgehead atoms. The van der Waals surface area contributed by atoms with Crippen molar-refractivity contribution in [1.29, 1.82) is 0 Å². The molecule has 0 radical (unpaired) electrons. The molecular weight excluding hydrogens is 1390 g/mol. The number of aliphatic hydroxyl groups excluding tert-OH is 2. The molecule has 4 unspecified atom stereocenters. The average molecular weight is 1560 g/mol. The molecular formula is C87H165N2O18P. The highest BCUT2D eigenvalue weighted by atomic mass is 31.2. The van der Waals surface area contributed by atoms with E-state index in [4.69, 9.17) is 32.9 Å². The summed E-state index contributed by atoms with van der Waals surface area (Å²) < 4.78 is 55.6. The predicted octanol–water partition coefficient (Wildman–Crippen LogP) is 21.5. The van der Waals surface area contributed by atoms with Crippen LogP contribution in [0.1, 0.15) is 446 Å². The highest BCUT2D eigenvalue weighted by molar-refractivity contribution is 7.46. The first-order valence-electron chi connectivity index (χ1n) is 45.1. The van der Waals surface area contributed by atoms with E-state index in [1.54, 1.807) is 0 Å². The summed E-state index contributed by atoms with van der Waals surface area (Å²) in [6.07, 6.45) is 48.2. The van der Waals surface area contributed by atoms with Crippen molar-refractivity contribution in [3.63, 3.8) is 0 Å². The lowest BCUT2D eigenvalue weighted by molar-refractivity contribution is -0.272. The van der Waals surface area contributed by atoms with Crippen molar-refractivity contribution in [2.75, 3.05) is 19.8 Å². The van der Waals surface area contributed by atoms with E-state index in [-0.39, 0.29) is 38.1 Å². The molecule has 20 nitrogen and oxygen atoms in total. The van der Waals surface area contributed by atoms with E-state index < -0.39 is 119 Å². The molecule has 1 fully saturated rings. The van der Waals surface area contributed by atoms with Crippen LogP contribution in [0.3, 0.4) is 0 Å². The second kappa shape index (κ2) is 72.7. The first kappa shape index (κ1) is 103. The summed E-state index contributed by atoms with van der Waals surface area (Å²) in [5, 5.41) is 27.6. The number of rotatable bonds is 79. The fourth-order valence-electron chi connectivity index (χ4n) is 14.6. The summed E-state index contributed by atoms with van der Waals surface area (Å²) >= 11 is 0. The molecule has 6 N–H and O–H groups in total.